The lowest BCUT2D eigenvalue weighted by atomic mass is 10.0. The lowest BCUT2D eigenvalue weighted by Crippen LogP contribution is -2.36. The molecule has 0 saturated carbocycles. The Bertz CT molecular complexity index is 612. The van der Waals surface area contributed by atoms with E-state index in [1.807, 2.05) is 18.2 Å². The number of hydrogen-bond donors (Lipinski definition) is 0. The highest BCUT2D eigenvalue weighted by Gasteiger charge is 2.24. The molecule has 1 aliphatic rings. The van der Waals surface area contributed by atoms with Crippen LogP contribution in [0.3, 0.4) is 0 Å². The van der Waals surface area contributed by atoms with Crippen LogP contribution in [0.2, 0.25) is 5.15 Å². The normalized spacial score (nSPS) is 14.1. The van der Waals surface area contributed by atoms with Crippen LogP contribution in [0.1, 0.15) is 22.5 Å². The molecule has 0 radical (unpaired) electrons. The first-order chi connectivity index (χ1) is 9.25. The Kier molecular flexibility index (Phi) is 3.17. The summed E-state index contributed by atoms with van der Waals surface area (Å²) < 4.78 is 0. The molecule has 2 heterocycles. The average Bonchev–Trinajstić information content (AvgIpc) is 2.47. The predicted octanol–water partition coefficient (Wildman–Crippen LogP) is 2.72. The summed E-state index contributed by atoms with van der Waals surface area (Å²) >= 11 is 5.68. The number of anilines is 1. The fraction of sp³-hybridized carbons (Fsp3) is 0.214. The first-order valence-corrected chi connectivity index (χ1v) is 6.52. The van der Waals surface area contributed by atoms with Gasteiger partial charge in [-0.3, -0.25) is 4.79 Å². The molecule has 1 aromatic carbocycles. The molecular weight excluding hydrogens is 262 g/mol. The molecule has 0 bridgehead atoms. The van der Waals surface area contributed by atoms with Gasteiger partial charge in [0.05, 0.1) is 0 Å². The number of rotatable bonds is 1. The first-order valence-electron chi connectivity index (χ1n) is 6.15. The Morgan fingerprint density at radius 3 is 2.79 bits per heavy atom. The highest BCUT2D eigenvalue weighted by atomic mass is 35.5. The molecular formula is C14H12ClN3O. The van der Waals surface area contributed by atoms with Gasteiger partial charge in [-0.1, -0.05) is 29.8 Å². The molecule has 0 spiro atoms. The molecule has 3 rings (SSSR count). The zero-order chi connectivity index (χ0) is 13.2. The van der Waals surface area contributed by atoms with Crippen molar-refractivity contribution in [1.29, 1.82) is 0 Å². The zero-order valence-corrected chi connectivity index (χ0v) is 11.0. The second kappa shape index (κ2) is 4.97. The maximum atomic E-state index is 12.5. The summed E-state index contributed by atoms with van der Waals surface area (Å²) in [5, 5.41) is 7.86. The SMILES string of the molecule is O=C(c1ccc(Cl)nn1)N1CCCc2ccccc21. The number of hydrogen-bond acceptors (Lipinski definition) is 3. The molecule has 5 heteroatoms. The smallest absolute Gasteiger partial charge is 0.278 e. The molecule has 0 unspecified atom stereocenters. The Morgan fingerprint density at radius 1 is 1.16 bits per heavy atom. The van der Waals surface area contributed by atoms with Crippen molar-refractivity contribution < 1.29 is 4.79 Å². The number of nitrogens with zero attached hydrogens (tertiary/aromatic N) is 3. The summed E-state index contributed by atoms with van der Waals surface area (Å²) in [5.41, 5.74) is 2.49. The lowest BCUT2D eigenvalue weighted by molar-refractivity contribution is 0.0979. The zero-order valence-electron chi connectivity index (χ0n) is 10.2. The van der Waals surface area contributed by atoms with E-state index in [0.29, 0.717) is 12.2 Å². The van der Waals surface area contributed by atoms with Gasteiger partial charge in [0.15, 0.2) is 10.8 Å². The van der Waals surface area contributed by atoms with Crippen molar-refractivity contribution in [2.75, 3.05) is 11.4 Å². The molecule has 96 valence electrons. The van der Waals surface area contributed by atoms with E-state index in [2.05, 4.69) is 16.3 Å². The highest BCUT2D eigenvalue weighted by Crippen LogP contribution is 2.27. The van der Waals surface area contributed by atoms with Crippen LogP contribution in [-0.4, -0.2) is 22.6 Å². The molecule has 0 saturated heterocycles. The number of benzene rings is 1. The molecule has 0 fully saturated rings. The highest BCUT2D eigenvalue weighted by molar-refractivity contribution is 6.29. The van der Waals surface area contributed by atoms with Crippen LogP contribution in [0.5, 0.6) is 0 Å². The summed E-state index contributed by atoms with van der Waals surface area (Å²) in [5.74, 6) is -0.128. The van der Waals surface area contributed by atoms with E-state index in [4.69, 9.17) is 11.6 Å². The fourth-order valence-corrected chi connectivity index (χ4v) is 2.41. The van der Waals surface area contributed by atoms with Crippen molar-refractivity contribution in [2.24, 2.45) is 0 Å². The number of aromatic nitrogens is 2. The van der Waals surface area contributed by atoms with Gasteiger partial charge in [-0.2, -0.15) is 0 Å². The number of carbonyl (C=O) groups is 1. The number of fused-ring (bicyclic) bond motifs is 1. The van der Waals surface area contributed by atoms with Crippen molar-refractivity contribution in [3.63, 3.8) is 0 Å². The van der Waals surface area contributed by atoms with Crippen molar-refractivity contribution in [2.45, 2.75) is 12.8 Å². The number of para-hydroxylation sites is 1. The van der Waals surface area contributed by atoms with Gasteiger partial charge in [0.1, 0.15) is 0 Å². The van der Waals surface area contributed by atoms with Crippen molar-refractivity contribution in [3.8, 4) is 0 Å². The summed E-state index contributed by atoms with van der Waals surface area (Å²) in [6, 6.07) is 11.2. The summed E-state index contributed by atoms with van der Waals surface area (Å²) in [7, 11) is 0. The Morgan fingerprint density at radius 2 is 2.00 bits per heavy atom. The van der Waals surface area contributed by atoms with Gasteiger partial charge in [0.25, 0.3) is 5.91 Å². The van der Waals surface area contributed by atoms with Crippen LogP contribution >= 0.6 is 11.6 Å². The molecule has 19 heavy (non-hydrogen) atoms. The van der Waals surface area contributed by atoms with E-state index < -0.39 is 0 Å². The van der Waals surface area contributed by atoms with Crippen LogP contribution in [0, 0.1) is 0 Å². The van der Waals surface area contributed by atoms with Crippen molar-refractivity contribution in [3.05, 3.63) is 52.8 Å². The molecule has 1 amide bonds. The first kappa shape index (κ1) is 12.1. The molecule has 2 aromatic rings. The summed E-state index contributed by atoms with van der Waals surface area (Å²) in [4.78, 5) is 14.2. The van der Waals surface area contributed by atoms with E-state index in [1.54, 1.807) is 17.0 Å². The van der Waals surface area contributed by atoms with E-state index in [0.717, 1.165) is 18.5 Å². The largest absolute Gasteiger partial charge is 0.307 e. The minimum absolute atomic E-state index is 0.128. The third kappa shape index (κ3) is 2.31. The second-order valence-corrected chi connectivity index (χ2v) is 4.82. The molecule has 1 aliphatic heterocycles. The van der Waals surface area contributed by atoms with Gasteiger partial charge in [-0.05, 0) is 36.6 Å². The predicted molar refractivity (Wildman–Crippen MR) is 73.5 cm³/mol. The van der Waals surface area contributed by atoms with Crippen LogP contribution in [0.25, 0.3) is 0 Å². The van der Waals surface area contributed by atoms with E-state index in [9.17, 15) is 4.79 Å². The molecule has 0 aliphatic carbocycles. The van der Waals surface area contributed by atoms with E-state index in [-0.39, 0.29) is 11.1 Å². The van der Waals surface area contributed by atoms with Gasteiger partial charge < -0.3 is 4.90 Å². The number of halogens is 1. The minimum Gasteiger partial charge on any atom is -0.307 e. The maximum absolute atomic E-state index is 12.5. The third-order valence-electron chi connectivity index (χ3n) is 3.21. The number of carbonyl (C=O) groups excluding carboxylic acids is 1. The maximum Gasteiger partial charge on any atom is 0.278 e. The Hall–Kier alpha value is -1.94. The lowest BCUT2D eigenvalue weighted by Gasteiger charge is -2.29. The molecule has 1 aromatic heterocycles. The summed E-state index contributed by atoms with van der Waals surface area (Å²) in [6.45, 7) is 0.708. The van der Waals surface area contributed by atoms with Crippen molar-refractivity contribution >= 4 is 23.2 Å². The number of aryl methyl sites for hydroxylation is 1. The standard InChI is InChI=1S/C14H12ClN3O/c15-13-8-7-11(16-17-13)14(19)18-9-3-5-10-4-1-2-6-12(10)18/h1-2,4,6-8H,3,5,9H2. The van der Waals surface area contributed by atoms with Gasteiger partial charge in [-0.15, -0.1) is 10.2 Å². The second-order valence-electron chi connectivity index (χ2n) is 4.43. The van der Waals surface area contributed by atoms with Gasteiger partial charge in [0, 0.05) is 12.2 Å². The summed E-state index contributed by atoms with van der Waals surface area (Å²) in [6.07, 6.45) is 1.97. The minimum atomic E-state index is -0.128. The van der Waals surface area contributed by atoms with Crippen LogP contribution < -0.4 is 4.90 Å². The monoisotopic (exact) mass is 273 g/mol. The van der Waals surface area contributed by atoms with Crippen molar-refractivity contribution in [1.82, 2.24) is 10.2 Å². The average molecular weight is 274 g/mol. The van der Waals surface area contributed by atoms with E-state index in [1.165, 1.54) is 5.56 Å². The topological polar surface area (TPSA) is 46.1 Å². The van der Waals surface area contributed by atoms with E-state index >= 15 is 0 Å². The quantitative estimate of drug-likeness (QED) is 0.803. The fourth-order valence-electron chi connectivity index (χ4n) is 2.31. The number of amides is 1. The molecule has 4 nitrogen and oxygen atoms in total. The van der Waals surface area contributed by atoms with Gasteiger partial charge in [0.2, 0.25) is 0 Å². The van der Waals surface area contributed by atoms with Crippen LogP contribution in [0.15, 0.2) is 36.4 Å². The Labute approximate surface area is 116 Å². The molecule has 0 N–H and O–H groups in total. The van der Waals surface area contributed by atoms with Gasteiger partial charge in [-0.25, -0.2) is 0 Å². The third-order valence-corrected chi connectivity index (χ3v) is 3.41. The van der Waals surface area contributed by atoms with Gasteiger partial charge >= 0.3 is 0 Å². The van der Waals surface area contributed by atoms with Crippen LogP contribution in [-0.2, 0) is 6.42 Å². The molecule has 0 atom stereocenters. The Balaban J connectivity index is 1.95. The van der Waals surface area contributed by atoms with Crippen LogP contribution in [0.4, 0.5) is 5.69 Å².